The van der Waals surface area contributed by atoms with Gasteiger partial charge in [0.25, 0.3) is 0 Å². The molecule has 3 rings (SSSR count). The predicted molar refractivity (Wildman–Crippen MR) is 100 cm³/mol. The lowest BCUT2D eigenvalue weighted by Gasteiger charge is -2.28. The molecule has 26 heavy (non-hydrogen) atoms. The molecule has 140 valence electrons. The van der Waals surface area contributed by atoms with Gasteiger partial charge in [-0.15, -0.1) is 0 Å². The molecule has 0 unspecified atom stereocenters. The van der Waals surface area contributed by atoms with Crippen molar-refractivity contribution < 1.29 is 17.9 Å². The molecule has 1 nitrogen and oxygen atoms in total. The molecular formula is C22H25F3O. The summed E-state index contributed by atoms with van der Waals surface area (Å²) in [4.78, 5) is 0. The van der Waals surface area contributed by atoms with Crippen LogP contribution < -0.4 is 4.74 Å². The summed E-state index contributed by atoms with van der Waals surface area (Å²) in [5.74, 6) is 0.541. The minimum Gasteiger partial charge on any atom is -0.434 e. The average Bonchev–Trinajstić information content (AvgIpc) is 2.62. The Kier molecular flexibility index (Phi) is 5.90. The van der Waals surface area contributed by atoms with Crippen molar-refractivity contribution in [1.82, 2.24) is 0 Å². The van der Waals surface area contributed by atoms with E-state index in [9.17, 15) is 13.2 Å². The molecule has 0 aromatic heterocycles. The molecule has 0 bridgehead atoms. The number of rotatable bonds is 6. The van der Waals surface area contributed by atoms with Crippen molar-refractivity contribution in [2.24, 2.45) is 5.92 Å². The Morgan fingerprint density at radius 2 is 1.92 bits per heavy atom. The number of hydrogen-bond donors (Lipinski definition) is 0. The average molecular weight is 362 g/mol. The third-order valence-electron chi connectivity index (χ3n) is 5.54. The maximum absolute atomic E-state index is 14.7. The van der Waals surface area contributed by atoms with Crippen molar-refractivity contribution in [1.29, 1.82) is 0 Å². The first-order valence-corrected chi connectivity index (χ1v) is 9.36. The first kappa shape index (κ1) is 18.8. The van der Waals surface area contributed by atoms with E-state index in [0.717, 1.165) is 24.3 Å². The number of hydrogen-bond acceptors (Lipinski definition) is 1. The van der Waals surface area contributed by atoms with Gasteiger partial charge in [-0.1, -0.05) is 50.6 Å². The monoisotopic (exact) mass is 362 g/mol. The van der Waals surface area contributed by atoms with E-state index in [1.165, 1.54) is 37.8 Å². The summed E-state index contributed by atoms with van der Waals surface area (Å²) in [6, 6.07) is 7.14. The van der Waals surface area contributed by atoms with Crippen LogP contribution in [0.3, 0.4) is 0 Å². The Morgan fingerprint density at radius 1 is 1.19 bits per heavy atom. The molecule has 1 fully saturated rings. The molecule has 2 aromatic rings. The first-order valence-electron chi connectivity index (χ1n) is 9.36. The van der Waals surface area contributed by atoms with Gasteiger partial charge in [0.05, 0.1) is 5.56 Å². The fourth-order valence-electron chi connectivity index (χ4n) is 4.20. The maximum Gasteiger partial charge on any atom is 0.387 e. The lowest BCUT2D eigenvalue weighted by Crippen LogP contribution is -2.13. The highest BCUT2D eigenvalue weighted by Crippen LogP contribution is 2.39. The SMILES string of the molecule is C=Cc1c(OC(F)F)cc2cc(C3CCC(CCC)CC3)ccc2c1F. The quantitative estimate of drug-likeness (QED) is 0.524. The zero-order valence-corrected chi connectivity index (χ0v) is 15.1. The molecule has 0 amide bonds. The summed E-state index contributed by atoms with van der Waals surface area (Å²) in [6.07, 6.45) is 8.43. The molecule has 0 atom stereocenters. The molecule has 0 heterocycles. The molecule has 0 N–H and O–H groups in total. The normalized spacial score (nSPS) is 20.5. The van der Waals surface area contributed by atoms with Gasteiger partial charge in [-0.2, -0.15) is 8.78 Å². The zero-order valence-electron chi connectivity index (χ0n) is 15.1. The van der Waals surface area contributed by atoms with Crippen LogP contribution in [0.1, 0.15) is 62.5 Å². The van der Waals surface area contributed by atoms with Gasteiger partial charge in [0.2, 0.25) is 0 Å². The highest BCUT2D eigenvalue weighted by Gasteiger charge is 2.23. The van der Waals surface area contributed by atoms with Crippen molar-refractivity contribution >= 4 is 16.8 Å². The number of halogens is 3. The van der Waals surface area contributed by atoms with Gasteiger partial charge in [0.1, 0.15) is 11.6 Å². The largest absolute Gasteiger partial charge is 0.434 e. The summed E-state index contributed by atoms with van der Waals surface area (Å²) in [5.41, 5.74) is 1.13. The van der Waals surface area contributed by atoms with Gasteiger partial charge in [-0.25, -0.2) is 4.39 Å². The van der Waals surface area contributed by atoms with Crippen LogP contribution in [0.25, 0.3) is 16.8 Å². The van der Waals surface area contributed by atoms with Crippen LogP contribution >= 0.6 is 0 Å². The Balaban J connectivity index is 1.92. The van der Waals surface area contributed by atoms with E-state index >= 15 is 0 Å². The van der Waals surface area contributed by atoms with E-state index in [2.05, 4.69) is 18.2 Å². The topological polar surface area (TPSA) is 9.23 Å². The summed E-state index contributed by atoms with van der Waals surface area (Å²) in [7, 11) is 0. The van der Waals surface area contributed by atoms with Crippen molar-refractivity contribution in [3.8, 4) is 5.75 Å². The molecule has 0 saturated heterocycles. The van der Waals surface area contributed by atoms with E-state index in [-0.39, 0.29) is 11.3 Å². The zero-order chi connectivity index (χ0) is 18.7. The van der Waals surface area contributed by atoms with Gasteiger partial charge >= 0.3 is 6.61 Å². The van der Waals surface area contributed by atoms with Crippen LogP contribution in [0.4, 0.5) is 13.2 Å². The highest BCUT2D eigenvalue weighted by molar-refractivity contribution is 5.88. The lowest BCUT2D eigenvalue weighted by atomic mass is 9.77. The van der Waals surface area contributed by atoms with E-state index in [0.29, 0.717) is 16.7 Å². The Labute approximate surface area is 152 Å². The molecular weight excluding hydrogens is 337 g/mol. The molecule has 0 spiro atoms. The van der Waals surface area contributed by atoms with Crippen molar-refractivity contribution in [2.45, 2.75) is 58.0 Å². The molecule has 1 saturated carbocycles. The molecule has 0 aliphatic heterocycles. The number of fused-ring (bicyclic) bond motifs is 1. The van der Waals surface area contributed by atoms with Gasteiger partial charge in [-0.05, 0) is 54.5 Å². The standard InChI is InChI=1S/C22H25F3O/c1-3-5-14-6-8-15(9-7-14)16-10-11-19-17(12-16)13-20(26-22(24)25)18(4-2)21(19)23/h4,10-15,22H,2-3,5-9H2,1H3. The smallest absolute Gasteiger partial charge is 0.387 e. The summed E-state index contributed by atoms with van der Waals surface area (Å²) in [6.45, 7) is 2.74. The second-order valence-corrected chi connectivity index (χ2v) is 7.17. The fourth-order valence-corrected chi connectivity index (χ4v) is 4.20. The molecule has 1 aliphatic carbocycles. The molecule has 4 heteroatoms. The van der Waals surface area contributed by atoms with Crippen LogP contribution in [0, 0.1) is 11.7 Å². The van der Waals surface area contributed by atoms with Crippen LogP contribution in [0.15, 0.2) is 30.8 Å². The van der Waals surface area contributed by atoms with Gasteiger partial charge in [-0.3, -0.25) is 0 Å². The molecule has 2 aromatic carbocycles. The van der Waals surface area contributed by atoms with Gasteiger partial charge < -0.3 is 4.74 Å². The molecule has 0 radical (unpaired) electrons. The number of benzene rings is 2. The van der Waals surface area contributed by atoms with Gasteiger partial charge in [0, 0.05) is 5.39 Å². The van der Waals surface area contributed by atoms with Gasteiger partial charge in [0.15, 0.2) is 0 Å². The van der Waals surface area contributed by atoms with Crippen LogP contribution in [0.2, 0.25) is 0 Å². The minimum atomic E-state index is -3.00. The third kappa shape index (κ3) is 3.89. The van der Waals surface area contributed by atoms with Crippen molar-refractivity contribution in [3.05, 3.63) is 47.8 Å². The summed E-state index contributed by atoms with van der Waals surface area (Å²) >= 11 is 0. The van der Waals surface area contributed by atoms with Crippen molar-refractivity contribution in [2.75, 3.05) is 0 Å². The first-order chi connectivity index (χ1) is 12.5. The maximum atomic E-state index is 14.7. The van der Waals surface area contributed by atoms with E-state index in [4.69, 9.17) is 0 Å². The second kappa shape index (κ2) is 8.15. The summed E-state index contributed by atoms with van der Waals surface area (Å²) < 4.78 is 44.5. The predicted octanol–water partition coefficient (Wildman–Crippen LogP) is 7.30. The Hall–Kier alpha value is -1.97. The lowest BCUT2D eigenvalue weighted by molar-refractivity contribution is -0.0500. The van der Waals surface area contributed by atoms with Crippen molar-refractivity contribution in [3.63, 3.8) is 0 Å². The highest BCUT2D eigenvalue weighted by atomic mass is 19.3. The minimum absolute atomic E-state index is 0.0226. The third-order valence-corrected chi connectivity index (χ3v) is 5.54. The fraction of sp³-hybridized carbons (Fsp3) is 0.455. The summed E-state index contributed by atoms with van der Waals surface area (Å²) in [5, 5.41) is 1.00. The van der Waals surface area contributed by atoms with Crippen LogP contribution in [0.5, 0.6) is 5.75 Å². The van der Waals surface area contributed by atoms with E-state index in [1.54, 1.807) is 6.07 Å². The Bertz CT molecular complexity index is 777. The molecule has 1 aliphatic rings. The van der Waals surface area contributed by atoms with Crippen LogP contribution in [-0.2, 0) is 0 Å². The Morgan fingerprint density at radius 3 is 2.54 bits per heavy atom. The van der Waals surface area contributed by atoms with E-state index < -0.39 is 12.4 Å². The number of ether oxygens (including phenoxy) is 1. The second-order valence-electron chi connectivity index (χ2n) is 7.17. The number of alkyl halides is 2. The van der Waals surface area contributed by atoms with Crippen LogP contribution in [-0.4, -0.2) is 6.61 Å². The van der Waals surface area contributed by atoms with E-state index in [1.807, 2.05) is 12.1 Å².